The van der Waals surface area contributed by atoms with E-state index in [1.54, 1.807) is 42.5 Å². The minimum atomic E-state index is -0.536. The smallest absolute Gasteiger partial charge is 0.337 e. The molecule has 0 saturated heterocycles. The number of nitrogens with zero attached hydrogens (tertiary/aromatic N) is 2. The van der Waals surface area contributed by atoms with Gasteiger partial charge < -0.3 is 19.2 Å². The van der Waals surface area contributed by atoms with Gasteiger partial charge in [-0.1, -0.05) is 23.7 Å². The standard InChI is InChI=1S/C24H19ClFN3O5/c1-32-24(31)16-5-7-18(8-6-16)33-14-19-9-10-21(34-19)23(30)27-22-20(25)13-29(28-22)12-15-3-2-4-17(26)11-15/h2-11,13H,12,14H2,1H3,(H,27,28,30). The molecule has 174 valence electrons. The summed E-state index contributed by atoms with van der Waals surface area (Å²) in [5, 5.41) is 7.07. The number of esters is 1. The van der Waals surface area contributed by atoms with Crippen LogP contribution in [-0.2, 0) is 17.9 Å². The molecule has 0 atom stereocenters. The largest absolute Gasteiger partial charge is 0.486 e. The fourth-order valence-corrected chi connectivity index (χ4v) is 3.29. The molecule has 1 amide bonds. The predicted molar refractivity (Wildman–Crippen MR) is 122 cm³/mol. The van der Waals surface area contributed by atoms with E-state index in [9.17, 15) is 14.0 Å². The Bertz CT molecular complexity index is 1320. The molecule has 4 rings (SSSR count). The molecule has 2 aromatic carbocycles. The number of anilines is 1. The van der Waals surface area contributed by atoms with E-state index < -0.39 is 11.9 Å². The minimum Gasteiger partial charge on any atom is -0.486 e. The first-order chi connectivity index (χ1) is 16.4. The summed E-state index contributed by atoms with van der Waals surface area (Å²) in [6.07, 6.45) is 1.54. The number of carbonyl (C=O) groups is 2. The zero-order valence-corrected chi connectivity index (χ0v) is 18.7. The van der Waals surface area contributed by atoms with Crippen molar-refractivity contribution in [2.24, 2.45) is 0 Å². The molecular formula is C24H19ClFN3O5. The van der Waals surface area contributed by atoms with Gasteiger partial charge in [0.2, 0.25) is 0 Å². The van der Waals surface area contributed by atoms with Crippen molar-refractivity contribution >= 4 is 29.3 Å². The molecule has 0 aliphatic rings. The van der Waals surface area contributed by atoms with E-state index >= 15 is 0 Å². The molecule has 0 radical (unpaired) electrons. The normalized spacial score (nSPS) is 10.7. The minimum absolute atomic E-state index is 0.0513. The summed E-state index contributed by atoms with van der Waals surface area (Å²) >= 11 is 6.18. The molecule has 1 N–H and O–H groups in total. The summed E-state index contributed by atoms with van der Waals surface area (Å²) in [4.78, 5) is 24.0. The topological polar surface area (TPSA) is 95.6 Å². The predicted octanol–water partition coefficient (Wildman–Crippen LogP) is 4.93. The van der Waals surface area contributed by atoms with Crippen molar-refractivity contribution in [3.05, 3.63) is 100 Å². The molecule has 4 aromatic rings. The lowest BCUT2D eigenvalue weighted by atomic mass is 10.2. The van der Waals surface area contributed by atoms with Crippen LogP contribution < -0.4 is 10.1 Å². The molecule has 0 spiro atoms. The first kappa shape index (κ1) is 23.1. The number of furan rings is 1. The number of methoxy groups -OCH3 is 1. The number of hydrogen-bond acceptors (Lipinski definition) is 6. The van der Waals surface area contributed by atoms with Crippen LogP contribution in [0, 0.1) is 5.82 Å². The summed E-state index contributed by atoms with van der Waals surface area (Å²) in [5.41, 5.74) is 1.11. The number of carbonyl (C=O) groups excluding carboxylic acids is 2. The van der Waals surface area contributed by atoms with Crippen molar-refractivity contribution in [1.29, 1.82) is 0 Å². The molecule has 0 aliphatic heterocycles. The van der Waals surface area contributed by atoms with Crippen LogP contribution in [0.25, 0.3) is 0 Å². The average Bonchev–Trinajstić information content (AvgIpc) is 3.44. The molecular weight excluding hydrogens is 465 g/mol. The van der Waals surface area contributed by atoms with E-state index in [4.69, 9.17) is 20.8 Å². The second-order valence-corrected chi connectivity index (χ2v) is 7.59. The molecule has 0 bridgehead atoms. The van der Waals surface area contributed by atoms with Crippen LogP contribution in [0.4, 0.5) is 10.2 Å². The van der Waals surface area contributed by atoms with Crippen molar-refractivity contribution in [3.63, 3.8) is 0 Å². The SMILES string of the molecule is COC(=O)c1ccc(OCc2ccc(C(=O)Nc3nn(Cc4cccc(F)c4)cc3Cl)o2)cc1. The maximum atomic E-state index is 13.4. The van der Waals surface area contributed by atoms with Gasteiger partial charge in [0.15, 0.2) is 11.6 Å². The fourth-order valence-electron chi connectivity index (χ4n) is 3.09. The Kier molecular flexibility index (Phi) is 6.93. The molecule has 0 unspecified atom stereocenters. The van der Waals surface area contributed by atoms with E-state index in [1.165, 1.54) is 36.2 Å². The number of benzene rings is 2. The highest BCUT2D eigenvalue weighted by molar-refractivity contribution is 6.33. The highest BCUT2D eigenvalue weighted by atomic mass is 35.5. The summed E-state index contributed by atoms with van der Waals surface area (Å²) in [6.45, 7) is 0.365. The first-order valence-corrected chi connectivity index (χ1v) is 10.5. The molecule has 0 saturated carbocycles. The van der Waals surface area contributed by atoms with Crippen LogP contribution in [0.15, 0.2) is 71.3 Å². The van der Waals surface area contributed by atoms with Crippen molar-refractivity contribution in [2.75, 3.05) is 12.4 Å². The van der Waals surface area contributed by atoms with Crippen molar-refractivity contribution < 1.29 is 27.9 Å². The van der Waals surface area contributed by atoms with Gasteiger partial charge in [0.1, 0.15) is 29.0 Å². The van der Waals surface area contributed by atoms with Gasteiger partial charge in [-0.05, 0) is 54.1 Å². The van der Waals surface area contributed by atoms with Crippen LogP contribution in [0.2, 0.25) is 5.02 Å². The van der Waals surface area contributed by atoms with E-state index in [0.29, 0.717) is 22.6 Å². The van der Waals surface area contributed by atoms with Gasteiger partial charge in [-0.3, -0.25) is 9.48 Å². The van der Waals surface area contributed by atoms with E-state index in [2.05, 4.69) is 15.2 Å². The van der Waals surface area contributed by atoms with E-state index in [-0.39, 0.29) is 35.6 Å². The third-order valence-electron chi connectivity index (χ3n) is 4.72. The highest BCUT2D eigenvalue weighted by Gasteiger charge is 2.16. The van der Waals surface area contributed by atoms with Gasteiger partial charge in [-0.2, -0.15) is 5.10 Å². The van der Waals surface area contributed by atoms with Crippen LogP contribution in [-0.4, -0.2) is 28.8 Å². The van der Waals surface area contributed by atoms with E-state index in [1.807, 2.05) is 0 Å². The summed E-state index contributed by atoms with van der Waals surface area (Å²) in [7, 11) is 1.31. The highest BCUT2D eigenvalue weighted by Crippen LogP contribution is 2.22. The Morgan fingerprint density at radius 1 is 1.15 bits per heavy atom. The quantitative estimate of drug-likeness (QED) is 0.357. The van der Waals surface area contributed by atoms with E-state index in [0.717, 1.165) is 0 Å². The molecule has 0 fully saturated rings. The number of aromatic nitrogens is 2. The number of rotatable bonds is 8. The lowest BCUT2D eigenvalue weighted by Crippen LogP contribution is -2.12. The number of nitrogens with one attached hydrogen (secondary N) is 1. The van der Waals surface area contributed by atoms with Gasteiger partial charge in [0.05, 0.1) is 19.2 Å². The number of hydrogen-bond donors (Lipinski definition) is 1. The monoisotopic (exact) mass is 483 g/mol. The molecule has 2 aromatic heterocycles. The third kappa shape index (κ3) is 5.62. The Morgan fingerprint density at radius 3 is 2.68 bits per heavy atom. The zero-order valence-electron chi connectivity index (χ0n) is 18.0. The maximum Gasteiger partial charge on any atom is 0.337 e. The summed E-state index contributed by atoms with van der Waals surface area (Å²) in [6, 6.07) is 15.7. The molecule has 10 heteroatoms. The van der Waals surface area contributed by atoms with Gasteiger partial charge in [0, 0.05) is 6.20 Å². The van der Waals surface area contributed by atoms with Crippen molar-refractivity contribution in [3.8, 4) is 5.75 Å². The van der Waals surface area contributed by atoms with Crippen molar-refractivity contribution in [1.82, 2.24) is 9.78 Å². The lowest BCUT2D eigenvalue weighted by molar-refractivity contribution is 0.0600. The lowest BCUT2D eigenvalue weighted by Gasteiger charge is -2.05. The zero-order chi connectivity index (χ0) is 24.1. The Hall–Kier alpha value is -4.11. The van der Waals surface area contributed by atoms with Gasteiger partial charge in [-0.25, -0.2) is 9.18 Å². The van der Waals surface area contributed by atoms with Crippen LogP contribution in [0.1, 0.15) is 32.2 Å². The van der Waals surface area contributed by atoms with Gasteiger partial charge >= 0.3 is 5.97 Å². The van der Waals surface area contributed by atoms with Crippen LogP contribution >= 0.6 is 11.6 Å². The maximum absolute atomic E-state index is 13.4. The Morgan fingerprint density at radius 2 is 1.94 bits per heavy atom. The van der Waals surface area contributed by atoms with Gasteiger partial charge in [-0.15, -0.1) is 0 Å². The second-order valence-electron chi connectivity index (χ2n) is 7.18. The molecule has 0 aliphatic carbocycles. The van der Waals surface area contributed by atoms with Crippen molar-refractivity contribution in [2.45, 2.75) is 13.2 Å². The number of ether oxygens (including phenoxy) is 2. The Labute approximate surface area is 198 Å². The first-order valence-electron chi connectivity index (χ1n) is 10.1. The van der Waals surface area contributed by atoms with Crippen LogP contribution in [0.3, 0.4) is 0 Å². The fraction of sp³-hybridized carbons (Fsp3) is 0.125. The van der Waals surface area contributed by atoms with Crippen LogP contribution in [0.5, 0.6) is 5.75 Å². The molecule has 8 nitrogen and oxygen atoms in total. The number of halogens is 2. The second kappa shape index (κ2) is 10.2. The molecule has 2 heterocycles. The molecule has 34 heavy (non-hydrogen) atoms. The Balaban J connectivity index is 1.34. The van der Waals surface area contributed by atoms with Gasteiger partial charge in [0.25, 0.3) is 5.91 Å². The summed E-state index contributed by atoms with van der Waals surface area (Å²) < 4.78 is 30.7. The third-order valence-corrected chi connectivity index (χ3v) is 5.00. The number of amides is 1. The average molecular weight is 484 g/mol. The summed E-state index contributed by atoms with van der Waals surface area (Å²) in [5.74, 6) is -0.173.